The number of aromatic hydroxyl groups is 1. The predicted molar refractivity (Wildman–Crippen MR) is 86.6 cm³/mol. The summed E-state index contributed by atoms with van der Waals surface area (Å²) in [5, 5.41) is 21.5. The number of H-pyrrole nitrogens is 1. The topological polar surface area (TPSA) is 129 Å². The van der Waals surface area contributed by atoms with Crippen molar-refractivity contribution in [1.29, 1.82) is 0 Å². The van der Waals surface area contributed by atoms with Crippen molar-refractivity contribution in [3.8, 4) is 11.5 Å². The van der Waals surface area contributed by atoms with Crippen molar-refractivity contribution >= 4 is 22.8 Å². The Labute approximate surface area is 137 Å². The van der Waals surface area contributed by atoms with Crippen LogP contribution in [0, 0.1) is 0 Å². The summed E-state index contributed by atoms with van der Waals surface area (Å²) in [4.78, 5) is 37.5. The SMILES string of the molecule is CCCOc1ccc2c(O)c(C(=O)N[C@@H](C)C(=O)O)c(=O)[nH]c2c1. The van der Waals surface area contributed by atoms with Crippen molar-refractivity contribution in [1.82, 2.24) is 10.3 Å². The van der Waals surface area contributed by atoms with Crippen LogP contribution >= 0.6 is 0 Å². The second-order valence-corrected chi connectivity index (χ2v) is 5.27. The molecule has 1 heterocycles. The molecule has 0 saturated carbocycles. The van der Waals surface area contributed by atoms with Gasteiger partial charge >= 0.3 is 5.97 Å². The van der Waals surface area contributed by atoms with E-state index in [0.717, 1.165) is 6.42 Å². The van der Waals surface area contributed by atoms with E-state index in [9.17, 15) is 19.5 Å². The Bertz CT molecular complexity index is 842. The Morgan fingerprint density at radius 2 is 2.08 bits per heavy atom. The zero-order valence-electron chi connectivity index (χ0n) is 13.3. The average Bonchev–Trinajstić information content (AvgIpc) is 2.52. The number of rotatable bonds is 6. The first kappa shape index (κ1) is 17.3. The van der Waals surface area contributed by atoms with E-state index >= 15 is 0 Å². The van der Waals surface area contributed by atoms with Gasteiger partial charge in [0.25, 0.3) is 11.5 Å². The molecule has 1 aromatic heterocycles. The van der Waals surface area contributed by atoms with E-state index in [4.69, 9.17) is 9.84 Å². The summed E-state index contributed by atoms with van der Waals surface area (Å²) in [6.07, 6.45) is 0.820. The molecule has 4 N–H and O–H groups in total. The molecule has 1 atom stereocenters. The van der Waals surface area contributed by atoms with E-state index in [2.05, 4.69) is 10.3 Å². The lowest BCUT2D eigenvalue weighted by molar-refractivity contribution is -0.138. The number of aromatic amines is 1. The molecule has 8 nitrogen and oxygen atoms in total. The third-order valence-electron chi connectivity index (χ3n) is 3.38. The molecule has 0 spiro atoms. The minimum absolute atomic E-state index is 0.256. The van der Waals surface area contributed by atoms with Gasteiger partial charge in [-0.2, -0.15) is 0 Å². The van der Waals surface area contributed by atoms with Crippen LogP contribution in [-0.4, -0.2) is 39.7 Å². The summed E-state index contributed by atoms with van der Waals surface area (Å²) in [7, 11) is 0. The van der Waals surface area contributed by atoms with Crippen molar-refractivity contribution < 1.29 is 24.5 Å². The number of aliphatic carboxylic acids is 1. The Kier molecular flexibility index (Phi) is 5.08. The zero-order valence-corrected chi connectivity index (χ0v) is 13.3. The number of carbonyl (C=O) groups excluding carboxylic acids is 1. The number of hydrogen-bond acceptors (Lipinski definition) is 5. The maximum atomic E-state index is 12.1. The number of nitrogens with one attached hydrogen (secondary N) is 2. The smallest absolute Gasteiger partial charge is 0.325 e. The van der Waals surface area contributed by atoms with Crippen molar-refractivity contribution in [2.75, 3.05) is 6.61 Å². The third kappa shape index (κ3) is 3.48. The number of carbonyl (C=O) groups is 2. The normalized spacial score (nSPS) is 11.9. The lowest BCUT2D eigenvalue weighted by Gasteiger charge is -2.12. The molecule has 0 bridgehead atoms. The molecular formula is C16H18N2O6. The summed E-state index contributed by atoms with van der Waals surface area (Å²) in [5.41, 5.74) is -1.03. The maximum absolute atomic E-state index is 12.1. The third-order valence-corrected chi connectivity index (χ3v) is 3.38. The van der Waals surface area contributed by atoms with Crippen LogP contribution < -0.4 is 15.6 Å². The average molecular weight is 334 g/mol. The second-order valence-electron chi connectivity index (χ2n) is 5.27. The predicted octanol–water partition coefficient (Wildman–Crippen LogP) is 1.23. The first-order valence-corrected chi connectivity index (χ1v) is 7.40. The molecule has 0 radical (unpaired) electrons. The highest BCUT2D eigenvalue weighted by atomic mass is 16.5. The van der Waals surface area contributed by atoms with Gasteiger partial charge in [0.05, 0.1) is 12.1 Å². The molecular weight excluding hydrogens is 316 g/mol. The molecule has 128 valence electrons. The van der Waals surface area contributed by atoms with Crippen LogP contribution in [0.15, 0.2) is 23.0 Å². The molecule has 0 aliphatic carbocycles. The standard InChI is InChI=1S/C16H18N2O6/c1-3-6-24-9-4-5-10-11(7-9)18-15(21)12(13(10)19)14(20)17-8(2)16(22)23/h4-5,7-8H,3,6H2,1-2H3,(H,17,20)(H,22,23)(H2,18,19,21)/t8-/m0/s1. The number of fused-ring (bicyclic) bond motifs is 1. The van der Waals surface area contributed by atoms with E-state index < -0.39 is 34.8 Å². The highest BCUT2D eigenvalue weighted by Crippen LogP contribution is 2.27. The molecule has 0 saturated heterocycles. The lowest BCUT2D eigenvalue weighted by atomic mass is 10.1. The van der Waals surface area contributed by atoms with Crippen molar-refractivity contribution in [2.45, 2.75) is 26.3 Å². The van der Waals surface area contributed by atoms with Gasteiger partial charge in [-0.05, 0) is 25.5 Å². The molecule has 0 unspecified atom stereocenters. The van der Waals surface area contributed by atoms with E-state index in [1.165, 1.54) is 13.0 Å². The van der Waals surface area contributed by atoms with Crippen LogP contribution in [0.5, 0.6) is 11.5 Å². The van der Waals surface area contributed by atoms with E-state index in [1.54, 1.807) is 12.1 Å². The fourth-order valence-corrected chi connectivity index (χ4v) is 2.11. The number of hydrogen-bond donors (Lipinski definition) is 4. The van der Waals surface area contributed by atoms with E-state index in [1.807, 2.05) is 6.92 Å². The van der Waals surface area contributed by atoms with Crippen molar-refractivity contribution in [3.05, 3.63) is 34.1 Å². The lowest BCUT2D eigenvalue weighted by Crippen LogP contribution is -2.40. The highest BCUT2D eigenvalue weighted by Gasteiger charge is 2.22. The Morgan fingerprint density at radius 3 is 2.71 bits per heavy atom. The summed E-state index contributed by atoms with van der Waals surface area (Å²) < 4.78 is 5.45. The molecule has 2 aromatic rings. The largest absolute Gasteiger partial charge is 0.506 e. The van der Waals surface area contributed by atoms with Gasteiger partial charge in [-0.1, -0.05) is 6.92 Å². The van der Waals surface area contributed by atoms with Crippen molar-refractivity contribution in [2.24, 2.45) is 0 Å². The van der Waals surface area contributed by atoms with Gasteiger partial charge in [0.2, 0.25) is 0 Å². The fourth-order valence-electron chi connectivity index (χ4n) is 2.11. The summed E-state index contributed by atoms with van der Waals surface area (Å²) in [6.45, 7) is 3.72. The maximum Gasteiger partial charge on any atom is 0.325 e. The number of carboxylic acids is 1. The summed E-state index contributed by atoms with van der Waals surface area (Å²) in [5.74, 6) is -2.20. The molecule has 2 rings (SSSR count). The van der Waals surface area contributed by atoms with Crippen LogP contribution in [0.25, 0.3) is 10.9 Å². The summed E-state index contributed by atoms with van der Waals surface area (Å²) in [6, 6.07) is 3.48. The summed E-state index contributed by atoms with van der Waals surface area (Å²) >= 11 is 0. The first-order valence-electron chi connectivity index (χ1n) is 7.40. The molecule has 1 amide bonds. The monoisotopic (exact) mass is 334 g/mol. The van der Waals surface area contributed by atoms with Crippen LogP contribution in [0.2, 0.25) is 0 Å². The zero-order chi connectivity index (χ0) is 17.9. The van der Waals surface area contributed by atoms with Crippen LogP contribution in [0.3, 0.4) is 0 Å². The Balaban J connectivity index is 2.44. The van der Waals surface area contributed by atoms with Gasteiger partial charge in [-0.15, -0.1) is 0 Å². The molecule has 8 heteroatoms. The molecule has 1 aromatic carbocycles. The number of pyridine rings is 1. The number of ether oxygens (including phenoxy) is 1. The number of amides is 1. The van der Waals surface area contributed by atoms with Crippen LogP contribution in [0.1, 0.15) is 30.6 Å². The number of benzene rings is 1. The molecule has 0 fully saturated rings. The fraction of sp³-hybridized carbons (Fsp3) is 0.312. The van der Waals surface area contributed by atoms with Gasteiger partial charge in [0.1, 0.15) is 23.1 Å². The van der Waals surface area contributed by atoms with E-state index in [0.29, 0.717) is 17.9 Å². The van der Waals surface area contributed by atoms with Crippen LogP contribution in [-0.2, 0) is 4.79 Å². The van der Waals surface area contributed by atoms with E-state index in [-0.39, 0.29) is 5.39 Å². The van der Waals surface area contributed by atoms with Crippen molar-refractivity contribution in [3.63, 3.8) is 0 Å². The Hall–Kier alpha value is -3.03. The quantitative estimate of drug-likeness (QED) is 0.629. The number of carboxylic acid groups (broad SMARTS) is 1. The second kappa shape index (κ2) is 7.03. The van der Waals surface area contributed by atoms with Gasteiger partial charge in [-0.3, -0.25) is 14.4 Å². The van der Waals surface area contributed by atoms with Gasteiger partial charge in [0.15, 0.2) is 0 Å². The van der Waals surface area contributed by atoms with Gasteiger partial charge < -0.3 is 25.3 Å². The minimum Gasteiger partial charge on any atom is -0.506 e. The van der Waals surface area contributed by atoms with Gasteiger partial charge in [0, 0.05) is 11.5 Å². The van der Waals surface area contributed by atoms with Gasteiger partial charge in [-0.25, -0.2) is 0 Å². The Morgan fingerprint density at radius 1 is 1.38 bits per heavy atom. The van der Waals surface area contributed by atoms with Crippen LogP contribution in [0.4, 0.5) is 0 Å². The highest BCUT2D eigenvalue weighted by molar-refractivity contribution is 6.03. The minimum atomic E-state index is -1.25. The molecule has 24 heavy (non-hydrogen) atoms. The molecule has 0 aliphatic heterocycles. The first-order chi connectivity index (χ1) is 11.3. The number of aromatic nitrogens is 1. The molecule has 0 aliphatic rings.